The van der Waals surface area contributed by atoms with Crippen LogP contribution in [0.1, 0.15) is 57.6 Å². The van der Waals surface area contributed by atoms with Crippen LogP contribution in [0.3, 0.4) is 0 Å². The Morgan fingerprint density at radius 1 is 0.786 bits per heavy atom. The van der Waals surface area contributed by atoms with Crippen molar-refractivity contribution < 1.29 is 14.3 Å². The highest BCUT2D eigenvalue weighted by atomic mass is 16.5. The number of rotatable bonds is 6. The number of nitrogens with one attached hydrogen (secondary N) is 2. The molecule has 0 saturated heterocycles. The van der Waals surface area contributed by atoms with Crippen LogP contribution >= 0.6 is 0 Å². The van der Waals surface area contributed by atoms with Gasteiger partial charge in [-0.1, -0.05) is 52.0 Å². The number of carbonyl (C=O) groups excluding carboxylic acids is 2. The SMILES string of the molecule is CC(=O)Nc1ccc(C(C)C)cc1.COCC(=O)Nc1ccc(C(C)C)cc1. The van der Waals surface area contributed by atoms with Gasteiger partial charge in [-0.05, 0) is 47.2 Å². The average Bonchev–Trinajstić information content (AvgIpc) is 2.63. The molecule has 0 bridgehead atoms. The van der Waals surface area contributed by atoms with Crippen molar-refractivity contribution in [3.05, 3.63) is 59.7 Å². The Labute approximate surface area is 168 Å². The van der Waals surface area contributed by atoms with E-state index in [-0.39, 0.29) is 18.4 Å². The van der Waals surface area contributed by atoms with Gasteiger partial charge < -0.3 is 15.4 Å². The third kappa shape index (κ3) is 8.82. The predicted molar refractivity (Wildman–Crippen MR) is 116 cm³/mol. The Balaban J connectivity index is 0.000000283. The molecule has 0 fully saturated rings. The van der Waals surface area contributed by atoms with Crippen LogP contribution in [0.5, 0.6) is 0 Å². The van der Waals surface area contributed by atoms with Gasteiger partial charge in [0.05, 0.1) is 0 Å². The number of benzene rings is 2. The minimum Gasteiger partial charge on any atom is -0.375 e. The summed E-state index contributed by atoms with van der Waals surface area (Å²) in [5.41, 5.74) is 4.21. The maximum absolute atomic E-state index is 11.2. The third-order valence-electron chi connectivity index (χ3n) is 4.03. The van der Waals surface area contributed by atoms with Crippen LogP contribution in [0.2, 0.25) is 0 Å². The van der Waals surface area contributed by atoms with E-state index in [1.54, 1.807) is 0 Å². The monoisotopic (exact) mass is 384 g/mol. The Morgan fingerprint density at radius 3 is 1.50 bits per heavy atom. The van der Waals surface area contributed by atoms with Gasteiger partial charge in [-0.2, -0.15) is 0 Å². The maximum Gasteiger partial charge on any atom is 0.250 e. The van der Waals surface area contributed by atoms with Crippen LogP contribution in [-0.2, 0) is 14.3 Å². The molecule has 5 nitrogen and oxygen atoms in total. The predicted octanol–water partition coefficient (Wildman–Crippen LogP) is 5.16. The molecule has 28 heavy (non-hydrogen) atoms. The molecule has 0 aliphatic carbocycles. The quantitative estimate of drug-likeness (QED) is 0.722. The Bertz CT molecular complexity index is 735. The molecular formula is C23H32N2O3. The molecule has 0 unspecified atom stereocenters. The van der Waals surface area contributed by atoms with E-state index in [0.717, 1.165) is 11.4 Å². The number of hydrogen-bond donors (Lipinski definition) is 2. The fourth-order valence-corrected chi connectivity index (χ4v) is 2.43. The van der Waals surface area contributed by atoms with Crippen molar-refractivity contribution in [2.75, 3.05) is 24.4 Å². The van der Waals surface area contributed by atoms with Gasteiger partial charge in [-0.25, -0.2) is 0 Å². The molecule has 2 rings (SSSR count). The first-order valence-electron chi connectivity index (χ1n) is 9.49. The number of methoxy groups -OCH3 is 1. The Morgan fingerprint density at radius 2 is 1.18 bits per heavy atom. The lowest BCUT2D eigenvalue weighted by atomic mass is 10.0. The fourth-order valence-electron chi connectivity index (χ4n) is 2.43. The van der Waals surface area contributed by atoms with Gasteiger partial charge >= 0.3 is 0 Å². The van der Waals surface area contributed by atoms with Gasteiger partial charge in [0, 0.05) is 25.4 Å². The van der Waals surface area contributed by atoms with Crippen LogP contribution in [0.25, 0.3) is 0 Å². The largest absolute Gasteiger partial charge is 0.375 e. The zero-order valence-corrected chi connectivity index (χ0v) is 17.7. The van der Waals surface area contributed by atoms with Crippen molar-refractivity contribution in [1.82, 2.24) is 0 Å². The highest BCUT2D eigenvalue weighted by molar-refractivity contribution is 5.91. The second-order valence-corrected chi connectivity index (χ2v) is 7.22. The molecule has 152 valence electrons. The standard InChI is InChI=1S/C12H17NO2.C11H15NO/c1-9(2)10-4-6-11(7-5-10)13-12(14)8-15-3;1-8(2)10-4-6-11(7-5-10)12-9(3)13/h4-7,9H,8H2,1-3H3,(H,13,14);4-8H,1-3H3,(H,12,13). The summed E-state index contributed by atoms with van der Waals surface area (Å²) in [7, 11) is 1.50. The first kappa shape index (κ1) is 23.4. The summed E-state index contributed by atoms with van der Waals surface area (Å²) in [6.07, 6.45) is 0. The molecule has 0 aliphatic heterocycles. The van der Waals surface area contributed by atoms with Crippen molar-refractivity contribution in [2.45, 2.75) is 46.5 Å². The van der Waals surface area contributed by atoms with Gasteiger partial charge in [-0.15, -0.1) is 0 Å². The van der Waals surface area contributed by atoms with Crippen molar-refractivity contribution in [3.63, 3.8) is 0 Å². The van der Waals surface area contributed by atoms with E-state index < -0.39 is 0 Å². The number of ether oxygens (including phenoxy) is 1. The summed E-state index contributed by atoms with van der Waals surface area (Å²) in [6, 6.07) is 15.8. The van der Waals surface area contributed by atoms with Crippen LogP contribution in [0.4, 0.5) is 11.4 Å². The molecule has 5 heteroatoms. The molecule has 0 saturated carbocycles. The number of anilines is 2. The molecule has 0 radical (unpaired) electrons. The van der Waals surface area contributed by atoms with Crippen molar-refractivity contribution in [1.29, 1.82) is 0 Å². The van der Waals surface area contributed by atoms with E-state index in [4.69, 9.17) is 4.74 Å². The lowest BCUT2D eigenvalue weighted by Crippen LogP contribution is -2.16. The van der Waals surface area contributed by atoms with E-state index in [9.17, 15) is 9.59 Å². The summed E-state index contributed by atoms with van der Waals surface area (Å²) in [4.78, 5) is 21.9. The van der Waals surface area contributed by atoms with Crippen LogP contribution in [0, 0.1) is 0 Å². The van der Waals surface area contributed by atoms with E-state index >= 15 is 0 Å². The molecule has 0 aliphatic rings. The minimum atomic E-state index is -0.130. The van der Waals surface area contributed by atoms with Crippen LogP contribution < -0.4 is 10.6 Å². The lowest BCUT2D eigenvalue weighted by molar-refractivity contribution is -0.119. The molecule has 0 heterocycles. The minimum absolute atomic E-state index is 0.0303. The van der Waals surface area contributed by atoms with E-state index in [0.29, 0.717) is 11.8 Å². The fraction of sp³-hybridized carbons (Fsp3) is 0.391. The summed E-state index contributed by atoms with van der Waals surface area (Å²) >= 11 is 0. The number of amides is 2. The second kappa shape index (κ2) is 11.9. The highest BCUT2D eigenvalue weighted by Gasteiger charge is 2.02. The molecular weight excluding hydrogens is 352 g/mol. The number of hydrogen-bond acceptors (Lipinski definition) is 3. The topological polar surface area (TPSA) is 67.4 Å². The Kier molecular flexibility index (Phi) is 9.96. The lowest BCUT2D eigenvalue weighted by Gasteiger charge is -2.07. The molecule has 2 aromatic carbocycles. The zero-order valence-electron chi connectivity index (χ0n) is 17.7. The second-order valence-electron chi connectivity index (χ2n) is 7.22. The normalized spacial score (nSPS) is 10.3. The first-order valence-corrected chi connectivity index (χ1v) is 9.49. The van der Waals surface area contributed by atoms with E-state index in [1.807, 2.05) is 48.5 Å². The van der Waals surface area contributed by atoms with Crippen molar-refractivity contribution in [3.8, 4) is 0 Å². The van der Waals surface area contributed by atoms with E-state index in [2.05, 4.69) is 38.3 Å². The molecule has 0 spiro atoms. The van der Waals surface area contributed by atoms with Crippen LogP contribution in [-0.4, -0.2) is 25.5 Å². The molecule has 0 aromatic heterocycles. The van der Waals surface area contributed by atoms with Gasteiger partial charge in [-0.3, -0.25) is 9.59 Å². The summed E-state index contributed by atoms with van der Waals surface area (Å²) in [6.45, 7) is 10.2. The van der Waals surface area contributed by atoms with Crippen molar-refractivity contribution in [2.24, 2.45) is 0 Å². The van der Waals surface area contributed by atoms with Crippen LogP contribution in [0.15, 0.2) is 48.5 Å². The molecule has 0 atom stereocenters. The average molecular weight is 385 g/mol. The van der Waals surface area contributed by atoms with Gasteiger partial charge in [0.1, 0.15) is 6.61 Å². The summed E-state index contributed by atoms with van der Waals surface area (Å²) in [5, 5.41) is 5.48. The van der Waals surface area contributed by atoms with Crippen molar-refractivity contribution >= 4 is 23.2 Å². The third-order valence-corrected chi connectivity index (χ3v) is 4.03. The van der Waals surface area contributed by atoms with Gasteiger partial charge in [0.15, 0.2) is 0 Å². The summed E-state index contributed by atoms with van der Waals surface area (Å²) < 4.78 is 4.73. The number of carbonyl (C=O) groups is 2. The molecule has 2 aromatic rings. The van der Waals surface area contributed by atoms with E-state index in [1.165, 1.54) is 25.2 Å². The van der Waals surface area contributed by atoms with Gasteiger partial charge in [0.2, 0.25) is 11.8 Å². The maximum atomic E-state index is 11.2. The highest BCUT2D eigenvalue weighted by Crippen LogP contribution is 2.17. The first-order chi connectivity index (χ1) is 13.2. The smallest absolute Gasteiger partial charge is 0.250 e. The zero-order chi connectivity index (χ0) is 21.1. The van der Waals surface area contributed by atoms with Gasteiger partial charge in [0.25, 0.3) is 0 Å². The summed E-state index contributed by atoms with van der Waals surface area (Å²) in [5.74, 6) is 0.882. The Hall–Kier alpha value is -2.66. The molecule has 2 N–H and O–H groups in total. The molecule has 2 amide bonds.